The fourth-order valence-electron chi connectivity index (χ4n) is 1.36. The summed E-state index contributed by atoms with van der Waals surface area (Å²) in [5.41, 5.74) is 0. The Morgan fingerprint density at radius 1 is 0.929 bits per heavy atom. The molecule has 1 aliphatic carbocycles. The zero-order chi connectivity index (χ0) is 9.14. The summed E-state index contributed by atoms with van der Waals surface area (Å²) in [4.78, 5) is 21.1. The van der Waals surface area contributed by atoms with E-state index in [4.69, 9.17) is 10.2 Å². The Bertz CT molecular complexity index is 215. The van der Waals surface area contributed by atoms with Crippen LogP contribution < -0.4 is 0 Å². The van der Waals surface area contributed by atoms with Crippen molar-refractivity contribution in [3.05, 3.63) is 12.2 Å². The van der Waals surface area contributed by atoms with E-state index in [-0.39, 0.29) is 59.1 Å². The quantitative estimate of drug-likeness (QED) is 0.481. The van der Waals surface area contributed by atoms with E-state index in [2.05, 4.69) is 0 Å². The summed E-state index contributed by atoms with van der Waals surface area (Å²) < 4.78 is 0. The first-order chi connectivity index (χ1) is 5.63. The molecule has 0 spiro atoms. The van der Waals surface area contributed by atoms with Crippen LogP contribution >= 0.6 is 0 Å². The maximum absolute atomic E-state index is 10.6. The Hall–Kier alpha value is 0.680. The second-order valence-corrected chi connectivity index (χ2v) is 2.83. The topological polar surface area (TPSA) is 74.6 Å². The van der Waals surface area contributed by atoms with Crippen LogP contribution in [0.3, 0.4) is 0 Å². The van der Waals surface area contributed by atoms with E-state index in [1.807, 2.05) is 0 Å². The van der Waals surface area contributed by atoms with Crippen molar-refractivity contribution in [3.63, 3.8) is 0 Å². The van der Waals surface area contributed by atoms with Crippen LogP contribution in [-0.2, 0) is 9.59 Å². The van der Waals surface area contributed by atoms with Crippen molar-refractivity contribution in [1.29, 1.82) is 0 Å². The van der Waals surface area contributed by atoms with Gasteiger partial charge in [0.15, 0.2) is 0 Å². The van der Waals surface area contributed by atoms with E-state index in [0.29, 0.717) is 12.8 Å². The molecule has 0 aromatic carbocycles. The number of aliphatic carboxylic acids is 2. The average molecular weight is 218 g/mol. The van der Waals surface area contributed by atoms with Crippen molar-refractivity contribution in [2.75, 3.05) is 0 Å². The van der Waals surface area contributed by atoms with E-state index in [1.165, 1.54) is 0 Å². The van der Waals surface area contributed by atoms with E-state index in [0.717, 1.165) is 0 Å². The molecule has 0 aromatic rings. The second-order valence-electron chi connectivity index (χ2n) is 2.83. The van der Waals surface area contributed by atoms with E-state index < -0.39 is 23.8 Å². The molecule has 6 heteroatoms. The molecule has 14 heavy (non-hydrogen) atoms. The third kappa shape index (κ3) is 4.47. The van der Waals surface area contributed by atoms with E-state index in [9.17, 15) is 9.59 Å². The summed E-state index contributed by atoms with van der Waals surface area (Å²) in [6.07, 6.45) is 4.09. The van der Waals surface area contributed by atoms with Gasteiger partial charge >= 0.3 is 71.1 Å². The number of carbonyl (C=O) groups is 2. The number of rotatable bonds is 2. The van der Waals surface area contributed by atoms with Crippen molar-refractivity contribution < 1.29 is 19.8 Å². The molecule has 0 heterocycles. The molecule has 2 unspecified atom stereocenters. The number of carboxylic acids is 2. The third-order valence-corrected chi connectivity index (χ3v) is 2.07. The maximum atomic E-state index is 10.6. The normalized spacial score (nSPS) is 24.3. The van der Waals surface area contributed by atoms with Crippen LogP contribution in [0, 0.1) is 11.8 Å². The number of allylic oxidation sites excluding steroid dienone is 2. The fraction of sp³-hybridized carbons (Fsp3) is 0.500. The van der Waals surface area contributed by atoms with Gasteiger partial charge in [0.25, 0.3) is 0 Å². The van der Waals surface area contributed by atoms with Gasteiger partial charge in [-0.1, -0.05) is 12.2 Å². The van der Waals surface area contributed by atoms with Crippen molar-refractivity contribution >= 4 is 71.1 Å². The van der Waals surface area contributed by atoms with Crippen molar-refractivity contribution in [1.82, 2.24) is 0 Å². The zero-order valence-electron chi connectivity index (χ0n) is 6.43. The predicted octanol–water partition coefficient (Wildman–Crippen LogP) is -0.559. The van der Waals surface area contributed by atoms with Gasteiger partial charge in [-0.25, -0.2) is 0 Å². The Labute approximate surface area is 126 Å². The van der Waals surface area contributed by atoms with Crippen LogP contribution in [0.4, 0.5) is 0 Å². The summed E-state index contributed by atoms with van der Waals surface area (Å²) >= 11 is 0. The minimum absolute atomic E-state index is 0. The monoisotopic (exact) mass is 218 g/mol. The van der Waals surface area contributed by atoms with Crippen molar-refractivity contribution in [2.45, 2.75) is 12.8 Å². The van der Waals surface area contributed by atoms with Crippen LogP contribution in [0.1, 0.15) is 12.8 Å². The van der Waals surface area contributed by atoms with E-state index >= 15 is 0 Å². The summed E-state index contributed by atoms with van der Waals surface area (Å²) in [5, 5.41) is 17.3. The molecule has 1 aliphatic rings. The minimum atomic E-state index is -1.02. The molecule has 0 fully saturated rings. The van der Waals surface area contributed by atoms with Gasteiger partial charge in [-0.05, 0) is 12.8 Å². The molecular formula is C8H12Na2O4. The van der Waals surface area contributed by atoms with Crippen LogP contribution in [0.5, 0.6) is 0 Å². The molecular weight excluding hydrogens is 206 g/mol. The molecule has 0 aliphatic heterocycles. The molecule has 0 amide bonds. The molecule has 0 aromatic heterocycles. The first kappa shape index (κ1) is 17.1. The van der Waals surface area contributed by atoms with Crippen LogP contribution in [-0.4, -0.2) is 81.3 Å². The van der Waals surface area contributed by atoms with Gasteiger partial charge in [-0.15, -0.1) is 0 Å². The van der Waals surface area contributed by atoms with E-state index in [1.54, 1.807) is 12.2 Å². The summed E-state index contributed by atoms with van der Waals surface area (Å²) in [6, 6.07) is 0. The summed E-state index contributed by atoms with van der Waals surface area (Å²) in [7, 11) is 0. The number of carboxylic acid groups (broad SMARTS) is 2. The molecule has 1 rings (SSSR count). The molecule has 0 saturated heterocycles. The average Bonchev–Trinajstić information content (AvgIpc) is 2.04. The van der Waals surface area contributed by atoms with Gasteiger partial charge in [0.05, 0.1) is 11.8 Å². The molecule has 0 bridgehead atoms. The van der Waals surface area contributed by atoms with Gasteiger partial charge < -0.3 is 10.2 Å². The molecule has 2 atom stereocenters. The van der Waals surface area contributed by atoms with Gasteiger partial charge in [0.1, 0.15) is 0 Å². The van der Waals surface area contributed by atoms with Crippen LogP contribution in [0.2, 0.25) is 0 Å². The zero-order valence-corrected chi connectivity index (χ0v) is 6.43. The number of hydrogen-bond donors (Lipinski definition) is 2. The summed E-state index contributed by atoms with van der Waals surface area (Å²) in [6.45, 7) is 0. The van der Waals surface area contributed by atoms with Gasteiger partial charge in [0, 0.05) is 0 Å². The van der Waals surface area contributed by atoms with Crippen LogP contribution in [0.15, 0.2) is 12.2 Å². The molecule has 0 radical (unpaired) electrons. The third-order valence-electron chi connectivity index (χ3n) is 2.07. The van der Waals surface area contributed by atoms with Gasteiger partial charge in [-0.2, -0.15) is 0 Å². The molecule has 4 nitrogen and oxygen atoms in total. The molecule has 0 saturated carbocycles. The number of hydrogen-bond acceptors (Lipinski definition) is 2. The SMILES string of the molecule is O=C(O)C1CC=CCC1C(=O)O.[NaH].[NaH]. The van der Waals surface area contributed by atoms with Crippen molar-refractivity contribution in [3.8, 4) is 0 Å². The Morgan fingerprint density at radius 3 is 1.43 bits per heavy atom. The standard InChI is InChI=1S/C8H10O4.2Na.2H/c9-7(10)5-3-1-2-4-6(5)8(11)12;;;;/h1-2,5-6H,3-4H2,(H,9,10)(H,11,12);;;;. The Morgan fingerprint density at radius 2 is 1.21 bits per heavy atom. The van der Waals surface area contributed by atoms with Crippen LogP contribution in [0.25, 0.3) is 0 Å². The Kier molecular flexibility index (Phi) is 9.65. The summed E-state index contributed by atoms with van der Waals surface area (Å²) in [5.74, 6) is -3.56. The first-order valence-electron chi connectivity index (χ1n) is 3.73. The van der Waals surface area contributed by atoms with Gasteiger partial charge in [-0.3, -0.25) is 9.59 Å². The Balaban J connectivity index is 0. The second kappa shape index (κ2) is 7.91. The predicted molar refractivity (Wildman–Crippen MR) is 54.9 cm³/mol. The fourth-order valence-corrected chi connectivity index (χ4v) is 1.36. The van der Waals surface area contributed by atoms with Gasteiger partial charge in [0.2, 0.25) is 0 Å². The van der Waals surface area contributed by atoms with Crippen molar-refractivity contribution in [2.24, 2.45) is 11.8 Å². The molecule has 70 valence electrons. The molecule has 2 N–H and O–H groups in total. The first-order valence-corrected chi connectivity index (χ1v) is 3.73.